The molecule has 1 amide bonds. The summed E-state index contributed by atoms with van der Waals surface area (Å²) in [6.45, 7) is 23.7. The van der Waals surface area contributed by atoms with Crippen LogP contribution in [-0.4, -0.2) is 60.7 Å². The van der Waals surface area contributed by atoms with Crippen molar-refractivity contribution in [3.05, 3.63) is 11.6 Å². The molecule has 5 aliphatic carbocycles. The third kappa shape index (κ3) is 4.39. The van der Waals surface area contributed by atoms with Crippen molar-refractivity contribution in [2.75, 3.05) is 33.4 Å². The number of allylic oxidation sites excluding steroid dienone is 2. The number of carbonyl (C=O) groups excluding carboxylic acids is 2. The maximum Gasteiger partial charge on any atom is 0.302 e. The fourth-order valence-corrected chi connectivity index (χ4v) is 14.1. The number of quaternary nitrogens is 1. The Morgan fingerprint density at radius 3 is 2.29 bits per heavy atom. The van der Waals surface area contributed by atoms with E-state index in [-0.39, 0.29) is 39.1 Å². The van der Waals surface area contributed by atoms with Gasteiger partial charge in [0.25, 0.3) is 0 Å². The maximum absolute atomic E-state index is 15.2. The molecule has 3 heterocycles. The molecule has 0 radical (unpaired) electrons. The van der Waals surface area contributed by atoms with Gasteiger partial charge in [-0.25, -0.2) is 0 Å². The van der Waals surface area contributed by atoms with E-state index in [1.165, 1.54) is 45.2 Å². The van der Waals surface area contributed by atoms with Crippen LogP contribution in [0.3, 0.4) is 0 Å². The predicted octanol–water partition coefficient (Wildman–Crippen LogP) is 8.23. The third-order valence-corrected chi connectivity index (χ3v) is 17.1. The molecule has 0 N–H and O–H groups in total. The molecule has 8 rings (SSSR count). The second-order valence-electron chi connectivity index (χ2n) is 19.4. The second kappa shape index (κ2) is 10.3. The smallest absolute Gasteiger partial charge is 0.302 e. The van der Waals surface area contributed by atoms with Crippen molar-refractivity contribution in [2.45, 2.75) is 132 Å². The van der Waals surface area contributed by atoms with Crippen LogP contribution in [0, 0.1) is 62.6 Å². The van der Waals surface area contributed by atoms with Crippen molar-refractivity contribution in [1.29, 1.82) is 0 Å². The number of esters is 1. The zero-order valence-corrected chi connectivity index (χ0v) is 30.3. The highest BCUT2D eigenvalue weighted by atomic mass is 16.5. The molecule has 252 valence electrons. The van der Waals surface area contributed by atoms with Gasteiger partial charge in [-0.3, -0.25) is 14.5 Å². The van der Waals surface area contributed by atoms with Crippen LogP contribution in [0.2, 0.25) is 0 Å². The quantitative estimate of drug-likeness (QED) is 0.177. The van der Waals surface area contributed by atoms with E-state index in [1.807, 2.05) is 0 Å². The van der Waals surface area contributed by atoms with E-state index in [4.69, 9.17) is 4.74 Å². The summed E-state index contributed by atoms with van der Waals surface area (Å²) in [4.78, 5) is 29.7. The van der Waals surface area contributed by atoms with Gasteiger partial charge in [0.05, 0.1) is 25.6 Å². The molecule has 3 aliphatic heterocycles. The van der Waals surface area contributed by atoms with Crippen molar-refractivity contribution in [3.8, 4) is 0 Å². The minimum absolute atomic E-state index is 0.0173. The molecule has 4 saturated carbocycles. The summed E-state index contributed by atoms with van der Waals surface area (Å²) in [6, 6.07) is 0. The number of hydrogen-bond acceptors (Lipinski definition) is 3. The summed E-state index contributed by atoms with van der Waals surface area (Å²) in [5.41, 5.74) is 2.01. The molecule has 2 bridgehead atoms. The summed E-state index contributed by atoms with van der Waals surface area (Å²) < 4.78 is 7.03. The second-order valence-corrected chi connectivity index (χ2v) is 19.4. The number of fused-ring (bicyclic) bond motifs is 11. The highest BCUT2D eigenvalue weighted by Crippen LogP contribution is 2.76. The maximum atomic E-state index is 15.2. The average Bonchev–Trinajstić information content (AvgIpc) is 3.25. The zero-order valence-electron chi connectivity index (χ0n) is 30.3. The van der Waals surface area contributed by atoms with E-state index in [1.54, 1.807) is 12.5 Å². The summed E-state index contributed by atoms with van der Waals surface area (Å²) in [7, 11) is 2.41. The predicted molar refractivity (Wildman–Crippen MR) is 180 cm³/mol. The van der Waals surface area contributed by atoms with Crippen LogP contribution in [0.15, 0.2) is 11.6 Å². The highest BCUT2D eigenvalue weighted by Gasteiger charge is 2.70. The summed E-state index contributed by atoms with van der Waals surface area (Å²) in [5.74, 6) is 3.82. The van der Waals surface area contributed by atoms with Gasteiger partial charge in [0, 0.05) is 31.7 Å². The SMILES string of the molecule is CC(=O)O[C@H]1CC[C@]2(C)[C@H]3CC=C4[C@@H]5[C@@H](C)[C@H](C)CC[C@]5(C(=O)N5CC6CC[N+](C)(CC6)C5)CC[C@@]4(C)[C@]3(C)CC[C@H]2C1(C)C. The Hall–Kier alpha value is -1.36. The van der Waals surface area contributed by atoms with E-state index in [9.17, 15) is 4.79 Å². The molecule has 8 aliphatic rings. The zero-order chi connectivity index (χ0) is 32.4. The van der Waals surface area contributed by atoms with Crippen LogP contribution in [0.4, 0.5) is 0 Å². The molecule has 0 spiro atoms. The molecule has 0 unspecified atom stereocenters. The lowest BCUT2D eigenvalue weighted by molar-refractivity contribution is -0.919. The standard InChI is InChI=1S/C40H65N2O3/c1-26-12-19-40(35(44)41-24-29-15-22-42(9,25-41)23-16-29)21-20-38(7)30(34(40)27(26)2)10-11-32-37(6)17-14-33(45-28(3)43)36(4,5)31(37)13-18-39(32,38)8/h10,26-27,29,31-34H,11-25H2,1-9H3/q+1/t26-,27+,29?,31+,32-,33+,34+,37+,38-,39-,40+,42?/m1/s1. The molecule has 5 nitrogen and oxygen atoms in total. The number of amides is 1. The normalized spacial score (nSPS) is 51.9. The molecule has 0 aromatic heterocycles. The number of rotatable bonds is 2. The monoisotopic (exact) mass is 621 g/mol. The van der Waals surface area contributed by atoms with Crippen molar-refractivity contribution in [3.63, 3.8) is 0 Å². The first kappa shape index (κ1) is 32.2. The van der Waals surface area contributed by atoms with Gasteiger partial charge >= 0.3 is 5.97 Å². The Balaban J connectivity index is 1.26. The van der Waals surface area contributed by atoms with Crippen LogP contribution < -0.4 is 0 Å². The van der Waals surface area contributed by atoms with Crippen LogP contribution in [0.25, 0.3) is 0 Å². The van der Waals surface area contributed by atoms with Crippen molar-refractivity contribution in [1.82, 2.24) is 4.90 Å². The van der Waals surface area contributed by atoms with E-state index in [0.717, 1.165) is 56.2 Å². The lowest BCUT2D eigenvalue weighted by atomic mass is 9.33. The first-order valence-electron chi connectivity index (χ1n) is 19.0. The summed E-state index contributed by atoms with van der Waals surface area (Å²) in [6.07, 6.45) is 15.5. The van der Waals surface area contributed by atoms with Gasteiger partial charge in [-0.05, 0) is 110 Å². The van der Waals surface area contributed by atoms with E-state index >= 15 is 4.79 Å². The molecular weight excluding hydrogens is 556 g/mol. The molecular formula is C40H65N2O3+. The number of hydrogen-bond donors (Lipinski definition) is 0. The van der Waals surface area contributed by atoms with Crippen molar-refractivity contribution < 1.29 is 18.8 Å². The fraction of sp³-hybridized carbons (Fsp3) is 0.900. The Morgan fingerprint density at radius 1 is 0.889 bits per heavy atom. The number of carbonyl (C=O) groups is 2. The van der Waals surface area contributed by atoms with Crippen molar-refractivity contribution in [2.24, 2.45) is 62.6 Å². The minimum Gasteiger partial charge on any atom is -0.462 e. The lowest BCUT2D eigenvalue weighted by Crippen LogP contribution is -2.66. The van der Waals surface area contributed by atoms with Gasteiger partial charge in [0.1, 0.15) is 6.10 Å². The molecule has 0 aromatic rings. The minimum atomic E-state index is -0.226. The fourth-order valence-electron chi connectivity index (χ4n) is 14.1. The number of piperidine rings is 1. The molecule has 0 aromatic carbocycles. The molecule has 10 atom stereocenters. The van der Waals surface area contributed by atoms with Gasteiger partial charge < -0.3 is 9.22 Å². The molecule has 7 fully saturated rings. The molecule has 45 heavy (non-hydrogen) atoms. The topological polar surface area (TPSA) is 46.6 Å². The number of ether oxygens (including phenoxy) is 1. The van der Waals surface area contributed by atoms with Crippen LogP contribution >= 0.6 is 0 Å². The van der Waals surface area contributed by atoms with Gasteiger partial charge in [-0.2, -0.15) is 0 Å². The third-order valence-electron chi connectivity index (χ3n) is 17.1. The van der Waals surface area contributed by atoms with Crippen LogP contribution in [-0.2, 0) is 14.3 Å². The van der Waals surface area contributed by atoms with Gasteiger partial charge in [-0.1, -0.05) is 60.1 Å². The van der Waals surface area contributed by atoms with E-state index in [0.29, 0.717) is 41.4 Å². The van der Waals surface area contributed by atoms with Gasteiger partial charge in [-0.15, -0.1) is 0 Å². The van der Waals surface area contributed by atoms with Crippen LogP contribution in [0.1, 0.15) is 126 Å². The van der Waals surface area contributed by atoms with Gasteiger partial charge in [0.15, 0.2) is 6.67 Å². The number of nitrogens with zero attached hydrogens (tertiary/aromatic N) is 2. The van der Waals surface area contributed by atoms with Gasteiger partial charge in [0.2, 0.25) is 5.91 Å². The average molecular weight is 622 g/mol. The molecule has 5 heteroatoms. The lowest BCUT2D eigenvalue weighted by Gasteiger charge is -2.71. The van der Waals surface area contributed by atoms with E-state index < -0.39 is 0 Å². The van der Waals surface area contributed by atoms with Crippen LogP contribution in [0.5, 0.6) is 0 Å². The largest absolute Gasteiger partial charge is 0.462 e. The van der Waals surface area contributed by atoms with Crippen molar-refractivity contribution >= 4 is 11.9 Å². The summed E-state index contributed by atoms with van der Waals surface area (Å²) in [5, 5.41) is 0. The molecule has 3 saturated heterocycles. The summed E-state index contributed by atoms with van der Waals surface area (Å²) >= 11 is 0. The Morgan fingerprint density at radius 2 is 1.60 bits per heavy atom. The first-order valence-corrected chi connectivity index (χ1v) is 19.0. The highest BCUT2D eigenvalue weighted by molar-refractivity contribution is 5.84. The first-order chi connectivity index (χ1) is 21.0. The van der Waals surface area contributed by atoms with E-state index in [2.05, 4.69) is 66.5 Å². The Bertz CT molecular complexity index is 1260. The Labute approximate surface area is 274 Å². The Kier molecular flexibility index (Phi) is 7.38.